The quantitative estimate of drug-likeness (QED) is 0.163. The monoisotopic (exact) mass is 728 g/mol. The molecule has 0 fully saturated rings. The minimum Gasteiger partial charge on any atom is -0.456 e. The Morgan fingerprint density at radius 3 is 1.35 bits per heavy atom. The molecular weight excluding hydrogens is 693 g/mol. The molecule has 0 atom stereocenters. The first-order valence-corrected chi connectivity index (χ1v) is 19.4. The van der Waals surface area contributed by atoms with Crippen LogP contribution in [-0.2, 0) is 0 Å². The highest BCUT2D eigenvalue weighted by Gasteiger charge is 2.17. The number of rotatable bonds is 7. The Hall–Kier alpha value is -7.62. The van der Waals surface area contributed by atoms with Gasteiger partial charge in [0.05, 0.1) is 11.0 Å². The van der Waals surface area contributed by atoms with Crippen molar-refractivity contribution in [2.24, 2.45) is 0 Å². The van der Waals surface area contributed by atoms with E-state index < -0.39 is 0 Å². The molecule has 0 aliphatic rings. The van der Waals surface area contributed by atoms with E-state index in [0.29, 0.717) is 0 Å². The van der Waals surface area contributed by atoms with Crippen LogP contribution < -0.4 is 4.90 Å². The Morgan fingerprint density at radius 1 is 0.316 bits per heavy atom. The lowest BCUT2D eigenvalue weighted by atomic mass is 9.97. The van der Waals surface area contributed by atoms with Crippen molar-refractivity contribution in [1.29, 1.82) is 0 Å². The van der Waals surface area contributed by atoms with Gasteiger partial charge in [0.2, 0.25) is 0 Å². The van der Waals surface area contributed by atoms with E-state index in [-0.39, 0.29) is 0 Å². The maximum absolute atomic E-state index is 6.18. The number of anilines is 3. The summed E-state index contributed by atoms with van der Waals surface area (Å²) in [5.74, 6) is 0. The predicted octanol–water partition coefficient (Wildman–Crippen LogP) is 15.2. The molecule has 0 aliphatic carbocycles. The summed E-state index contributed by atoms with van der Waals surface area (Å²) in [6.07, 6.45) is 0. The zero-order valence-electron chi connectivity index (χ0n) is 31.1. The van der Waals surface area contributed by atoms with E-state index >= 15 is 0 Å². The summed E-state index contributed by atoms with van der Waals surface area (Å²) in [6, 6.07) is 78.1. The van der Waals surface area contributed by atoms with Gasteiger partial charge in [-0.25, -0.2) is 0 Å². The topological polar surface area (TPSA) is 21.3 Å². The third kappa shape index (κ3) is 5.68. The van der Waals surface area contributed by atoms with Gasteiger partial charge in [-0.05, 0) is 106 Å². The highest BCUT2D eigenvalue weighted by molar-refractivity contribution is 6.12. The number of furan rings is 1. The van der Waals surface area contributed by atoms with Crippen molar-refractivity contribution in [2.45, 2.75) is 0 Å². The van der Waals surface area contributed by atoms with Crippen LogP contribution in [0, 0.1) is 0 Å². The first-order chi connectivity index (χ1) is 28.3. The van der Waals surface area contributed by atoms with Gasteiger partial charge in [0.1, 0.15) is 11.2 Å². The van der Waals surface area contributed by atoms with Crippen molar-refractivity contribution < 1.29 is 4.42 Å². The molecule has 11 rings (SSSR count). The number of fused-ring (bicyclic) bond motifs is 6. The molecule has 2 aromatic heterocycles. The fraction of sp³-hybridized carbons (Fsp3) is 0. The SMILES string of the molecule is c1ccc(-c2ccc(N(c3ccc(-c4ccc(-c5cccc6oc7ccccc7c56)cc4)cc3)c3ccc(-n4c5ccccc5c5ccccc54)cc3)cc2)cc1. The summed E-state index contributed by atoms with van der Waals surface area (Å²) in [6.45, 7) is 0. The average Bonchev–Trinajstić information content (AvgIpc) is 3.84. The maximum atomic E-state index is 6.18. The Labute approximate surface area is 330 Å². The molecule has 0 aliphatic heterocycles. The second kappa shape index (κ2) is 13.6. The van der Waals surface area contributed by atoms with Crippen LogP contribution in [0.25, 0.3) is 82.8 Å². The Balaban J connectivity index is 0.952. The van der Waals surface area contributed by atoms with Gasteiger partial charge in [-0.15, -0.1) is 0 Å². The maximum Gasteiger partial charge on any atom is 0.136 e. The van der Waals surface area contributed by atoms with E-state index in [9.17, 15) is 0 Å². The standard InChI is InChI=1S/C54H36N2O/c1-2-11-37(12-3-1)39-25-29-42(30-26-39)55(44-33-35-45(36-34-44)56-50-17-7-4-13-47(50)48-14-5-8-18-51(48)56)43-31-27-40(28-32-43)38-21-23-41(24-22-38)46-16-10-20-53-54(46)49-15-6-9-19-52(49)57-53/h1-36H. The van der Waals surface area contributed by atoms with Crippen LogP contribution in [0.1, 0.15) is 0 Å². The van der Waals surface area contributed by atoms with E-state index in [1.165, 1.54) is 55.2 Å². The molecule has 0 saturated carbocycles. The molecule has 268 valence electrons. The fourth-order valence-electron chi connectivity index (χ4n) is 8.49. The summed E-state index contributed by atoms with van der Waals surface area (Å²) >= 11 is 0. The molecule has 0 saturated heterocycles. The lowest BCUT2D eigenvalue weighted by molar-refractivity contribution is 0.669. The summed E-state index contributed by atoms with van der Waals surface area (Å²) in [4.78, 5) is 2.34. The van der Waals surface area contributed by atoms with Crippen LogP contribution in [0.3, 0.4) is 0 Å². The molecule has 3 heteroatoms. The molecule has 11 aromatic rings. The highest BCUT2D eigenvalue weighted by Crippen LogP contribution is 2.40. The molecule has 57 heavy (non-hydrogen) atoms. The van der Waals surface area contributed by atoms with Gasteiger partial charge in [0.25, 0.3) is 0 Å². The van der Waals surface area contributed by atoms with Gasteiger partial charge >= 0.3 is 0 Å². The molecule has 2 heterocycles. The second-order valence-corrected chi connectivity index (χ2v) is 14.5. The molecule has 0 unspecified atom stereocenters. The minimum absolute atomic E-state index is 0.911. The van der Waals surface area contributed by atoms with Crippen molar-refractivity contribution >= 4 is 60.8 Å². The van der Waals surface area contributed by atoms with Crippen molar-refractivity contribution in [1.82, 2.24) is 4.57 Å². The smallest absolute Gasteiger partial charge is 0.136 e. The first-order valence-electron chi connectivity index (χ1n) is 19.4. The van der Waals surface area contributed by atoms with Gasteiger partial charge in [-0.3, -0.25) is 0 Å². The predicted molar refractivity (Wildman–Crippen MR) is 239 cm³/mol. The van der Waals surface area contributed by atoms with Crippen molar-refractivity contribution in [2.75, 3.05) is 4.90 Å². The lowest BCUT2D eigenvalue weighted by Gasteiger charge is -2.26. The van der Waals surface area contributed by atoms with Gasteiger partial charge < -0.3 is 13.9 Å². The van der Waals surface area contributed by atoms with Gasteiger partial charge in [-0.1, -0.05) is 146 Å². The van der Waals surface area contributed by atoms with Crippen LogP contribution in [0.15, 0.2) is 223 Å². The van der Waals surface area contributed by atoms with Crippen molar-refractivity contribution in [3.63, 3.8) is 0 Å². The van der Waals surface area contributed by atoms with Crippen molar-refractivity contribution in [3.8, 4) is 39.1 Å². The summed E-state index contributed by atoms with van der Waals surface area (Å²) in [5.41, 5.74) is 15.7. The average molecular weight is 729 g/mol. The molecule has 3 nitrogen and oxygen atoms in total. The molecule has 0 radical (unpaired) electrons. The molecule has 0 N–H and O–H groups in total. The minimum atomic E-state index is 0.911. The molecule has 9 aromatic carbocycles. The highest BCUT2D eigenvalue weighted by atomic mass is 16.3. The van der Waals surface area contributed by atoms with E-state index in [2.05, 4.69) is 216 Å². The van der Waals surface area contributed by atoms with E-state index in [0.717, 1.165) is 44.7 Å². The van der Waals surface area contributed by atoms with Crippen LogP contribution >= 0.6 is 0 Å². The summed E-state index contributed by atoms with van der Waals surface area (Å²) in [7, 11) is 0. The summed E-state index contributed by atoms with van der Waals surface area (Å²) < 4.78 is 8.54. The number of nitrogens with zero attached hydrogens (tertiary/aromatic N) is 2. The Morgan fingerprint density at radius 2 is 0.754 bits per heavy atom. The summed E-state index contributed by atoms with van der Waals surface area (Å²) in [5, 5.41) is 4.82. The molecule has 0 bridgehead atoms. The van der Waals surface area contributed by atoms with Gasteiger partial charge in [0.15, 0.2) is 0 Å². The third-order valence-corrected chi connectivity index (χ3v) is 11.2. The molecule has 0 amide bonds. The number of para-hydroxylation sites is 3. The normalized spacial score (nSPS) is 11.5. The number of benzene rings is 9. The lowest BCUT2D eigenvalue weighted by Crippen LogP contribution is -2.10. The first kappa shape index (κ1) is 32.8. The van der Waals surface area contributed by atoms with Crippen LogP contribution in [0.5, 0.6) is 0 Å². The van der Waals surface area contributed by atoms with Crippen LogP contribution in [-0.4, -0.2) is 4.57 Å². The van der Waals surface area contributed by atoms with E-state index in [1.54, 1.807) is 0 Å². The zero-order chi connectivity index (χ0) is 37.7. The van der Waals surface area contributed by atoms with Crippen molar-refractivity contribution in [3.05, 3.63) is 218 Å². The Kier molecular flexibility index (Phi) is 7.82. The van der Waals surface area contributed by atoms with Gasteiger partial charge in [0, 0.05) is 44.3 Å². The Bertz CT molecular complexity index is 3140. The number of aromatic nitrogens is 1. The van der Waals surface area contributed by atoms with E-state index in [1.807, 2.05) is 12.1 Å². The van der Waals surface area contributed by atoms with Gasteiger partial charge in [-0.2, -0.15) is 0 Å². The molecular formula is C54H36N2O. The van der Waals surface area contributed by atoms with Crippen LogP contribution in [0.4, 0.5) is 17.1 Å². The van der Waals surface area contributed by atoms with Crippen LogP contribution in [0.2, 0.25) is 0 Å². The zero-order valence-corrected chi connectivity index (χ0v) is 31.1. The third-order valence-electron chi connectivity index (χ3n) is 11.2. The second-order valence-electron chi connectivity index (χ2n) is 14.5. The molecule has 0 spiro atoms. The van der Waals surface area contributed by atoms with E-state index in [4.69, 9.17) is 4.42 Å². The number of hydrogen-bond acceptors (Lipinski definition) is 2. The number of hydrogen-bond donors (Lipinski definition) is 0. The fourth-order valence-corrected chi connectivity index (χ4v) is 8.49. The largest absolute Gasteiger partial charge is 0.456 e.